The highest BCUT2D eigenvalue weighted by Gasteiger charge is 2.39. The fourth-order valence-electron chi connectivity index (χ4n) is 5.70. The minimum atomic E-state index is 0.0600. The number of ether oxygens (including phenoxy) is 2. The summed E-state index contributed by atoms with van der Waals surface area (Å²) in [6.45, 7) is 2.66. The number of nitriles is 1. The van der Waals surface area contributed by atoms with Gasteiger partial charge in [-0.3, -0.25) is 14.7 Å². The first-order chi connectivity index (χ1) is 19.6. The van der Waals surface area contributed by atoms with Gasteiger partial charge >= 0.3 is 0 Å². The number of nitrogens with zero attached hydrogens (tertiary/aromatic N) is 3. The molecule has 1 saturated heterocycles. The summed E-state index contributed by atoms with van der Waals surface area (Å²) in [4.78, 5) is 21.7. The molecular formula is C32H36BrN3O3S. The molecule has 3 fully saturated rings. The predicted octanol–water partition coefficient (Wildman–Crippen LogP) is 8.24. The maximum atomic E-state index is 13.8. The molecule has 0 aromatic heterocycles. The Balaban J connectivity index is 1.42. The molecule has 3 aliphatic rings. The van der Waals surface area contributed by atoms with E-state index in [1.54, 1.807) is 6.07 Å². The van der Waals surface area contributed by atoms with E-state index in [-0.39, 0.29) is 18.6 Å². The van der Waals surface area contributed by atoms with Gasteiger partial charge < -0.3 is 9.47 Å². The van der Waals surface area contributed by atoms with Crippen LogP contribution in [-0.2, 0) is 11.4 Å². The van der Waals surface area contributed by atoms with Gasteiger partial charge in [-0.25, -0.2) is 0 Å². The molecule has 8 heteroatoms. The molecule has 6 nitrogen and oxygen atoms in total. The standard InChI is InChI=1S/C32H36BrN3O3S/c1-2-38-28-17-24(27(33)19-29(28)39-21-23-12-10-9-11-22(23)20-34)18-30-31(37)36(26-15-7-4-8-16-26)32(40-30)35-25-13-5-3-6-14-25/h9-12,17-19,25-26H,2-8,13-16,21H2,1H3. The first kappa shape index (κ1) is 28.8. The van der Waals surface area contributed by atoms with Crippen LogP contribution in [0, 0.1) is 11.3 Å². The molecule has 2 aliphatic carbocycles. The van der Waals surface area contributed by atoms with Crippen LogP contribution in [-0.4, -0.2) is 34.7 Å². The van der Waals surface area contributed by atoms with Gasteiger partial charge in [0.15, 0.2) is 16.7 Å². The number of carbonyl (C=O) groups excluding carboxylic acids is 1. The molecule has 2 aromatic carbocycles. The first-order valence-corrected chi connectivity index (χ1v) is 16.1. The van der Waals surface area contributed by atoms with Crippen molar-refractivity contribution in [1.29, 1.82) is 5.26 Å². The van der Waals surface area contributed by atoms with Crippen molar-refractivity contribution in [1.82, 2.24) is 4.90 Å². The van der Waals surface area contributed by atoms with Crippen LogP contribution in [0.2, 0.25) is 0 Å². The fourth-order valence-corrected chi connectivity index (χ4v) is 7.24. The van der Waals surface area contributed by atoms with Crippen LogP contribution in [0.3, 0.4) is 0 Å². The van der Waals surface area contributed by atoms with Crippen LogP contribution in [0.1, 0.15) is 87.8 Å². The number of carbonyl (C=O) groups is 1. The highest BCUT2D eigenvalue weighted by molar-refractivity contribution is 9.10. The molecule has 1 heterocycles. The predicted molar refractivity (Wildman–Crippen MR) is 164 cm³/mol. The SMILES string of the molecule is CCOc1cc(C=C2SC(=NC3CCCCC3)N(C3CCCCC3)C2=O)c(Br)cc1OCc1ccccc1C#N. The van der Waals surface area contributed by atoms with Crippen molar-refractivity contribution in [3.05, 3.63) is 62.5 Å². The van der Waals surface area contributed by atoms with E-state index in [1.165, 1.54) is 50.3 Å². The van der Waals surface area contributed by atoms with E-state index in [9.17, 15) is 10.1 Å². The molecule has 0 unspecified atom stereocenters. The topological polar surface area (TPSA) is 74.9 Å². The summed E-state index contributed by atoms with van der Waals surface area (Å²) in [5, 5.41) is 10.3. The van der Waals surface area contributed by atoms with Crippen molar-refractivity contribution in [2.75, 3.05) is 6.61 Å². The third-order valence-electron chi connectivity index (χ3n) is 7.81. The van der Waals surface area contributed by atoms with E-state index in [0.29, 0.717) is 34.6 Å². The van der Waals surface area contributed by atoms with Crippen molar-refractivity contribution in [3.63, 3.8) is 0 Å². The van der Waals surface area contributed by atoms with Gasteiger partial charge in [-0.2, -0.15) is 5.26 Å². The lowest BCUT2D eigenvalue weighted by molar-refractivity contribution is -0.124. The summed E-state index contributed by atoms with van der Waals surface area (Å²) >= 11 is 5.22. The first-order valence-electron chi connectivity index (χ1n) is 14.5. The lowest BCUT2D eigenvalue weighted by Crippen LogP contribution is -2.41. The Morgan fingerprint density at radius 1 is 1.05 bits per heavy atom. The summed E-state index contributed by atoms with van der Waals surface area (Å²) in [5.41, 5.74) is 2.26. The zero-order valence-electron chi connectivity index (χ0n) is 23.0. The molecule has 1 aliphatic heterocycles. The Hall–Kier alpha value is -2.76. The van der Waals surface area contributed by atoms with Crippen molar-refractivity contribution < 1.29 is 14.3 Å². The second kappa shape index (κ2) is 13.7. The summed E-state index contributed by atoms with van der Waals surface area (Å²) in [5.74, 6) is 1.24. The van der Waals surface area contributed by atoms with E-state index in [1.807, 2.05) is 48.2 Å². The van der Waals surface area contributed by atoms with Gasteiger partial charge in [-0.05, 0) is 74.2 Å². The Kier molecular flexibility index (Phi) is 9.88. The molecular weight excluding hydrogens is 586 g/mol. The number of benzene rings is 2. The second-order valence-electron chi connectivity index (χ2n) is 10.6. The second-order valence-corrected chi connectivity index (χ2v) is 12.5. The number of aliphatic imine (C=N–C) groups is 1. The van der Waals surface area contributed by atoms with Gasteiger partial charge in [0.1, 0.15) is 6.61 Å². The van der Waals surface area contributed by atoms with Gasteiger partial charge in [0, 0.05) is 16.1 Å². The zero-order valence-corrected chi connectivity index (χ0v) is 25.4. The van der Waals surface area contributed by atoms with Crippen LogP contribution in [0.5, 0.6) is 11.5 Å². The lowest BCUT2D eigenvalue weighted by Gasteiger charge is -2.31. The molecule has 0 radical (unpaired) electrons. The monoisotopic (exact) mass is 621 g/mol. The molecule has 1 amide bonds. The minimum absolute atomic E-state index is 0.0600. The number of thioether (sulfide) groups is 1. The molecule has 0 N–H and O–H groups in total. The molecule has 0 bridgehead atoms. The minimum Gasteiger partial charge on any atom is -0.490 e. The van der Waals surface area contributed by atoms with Gasteiger partial charge in [0.25, 0.3) is 5.91 Å². The van der Waals surface area contributed by atoms with Gasteiger partial charge in [0.05, 0.1) is 29.2 Å². The largest absolute Gasteiger partial charge is 0.490 e. The normalized spacial score (nSPS) is 20.7. The molecule has 40 heavy (non-hydrogen) atoms. The van der Waals surface area contributed by atoms with Crippen LogP contribution in [0.15, 0.2) is 50.8 Å². The molecule has 2 aromatic rings. The molecule has 2 saturated carbocycles. The van der Waals surface area contributed by atoms with Crippen molar-refractivity contribution in [2.24, 2.45) is 4.99 Å². The Morgan fingerprint density at radius 2 is 1.75 bits per heavy atom. The van der Waals surface area contributed by atoms with Crippen molar-refractivity contribution in [2.45, 2.75) is 89.8 Å². The number of amidine groups is 1. The quantitative estimate of drug-likeness (QED) is 0.277. The van der Waals surface area contributed by atoms with E-state index < -0.39 is 0 Å². The summed E-state index contributed by atoms with van der Waals surface area (Å²) < 4.78 is 12.9. The van der Waals surface area contributed by atoms with E-state index >= 15 is 0 Å². The van der Waals surface area contributed by atoms with Crippen molar-refractivity contribution >= 4 is 44.8 Å². The van der Waals surface area contributed by atoms with E-state index in [4.69, 9.17) is 14.5 Å². The summed E-state index contributed by atoms with van der Waals surface area (Å²) in [6.07, 6.45) is 13.6. The molecule has 0 spiro atoms. The number of rotatable bonds is 8. The van der Waals surface area contributed by atoms with Gasteiger partial charge in [-0.15, -0.1) is 0 Å². The maximum absolute atomic E-state index is 13.8. The fraction of sp³-hybridized carbons (Fsp3) is 0.469. The summed E-state index contributed by atoms with van der Waals surface area (Å²) in [7, 11) is 0. The zero-order chi connectivity index (χ0) is 27.9. The van der Waals surface area contributed by atoms with Crippen molar-refractivity contribution in [3.8, 4) is 17.6 Å². The van der Waals surface area contributed by atoms with Crippen LogP contribution < -0.4 is 9.47 Å². The van der Waals surface area contributed by atoms with Gasteiger partial charge in [-0.1, -0.05) is 72.7 Å². The Morgan fingerprint density at radius 3 is 2.48 bits per heavy atom. The van der Waals surface area contributed by atoms with Gasteiger partial charge in [0.2, 0.25) is 0 Å². The number of halogens is 1. The molecule has 210 valence electrons. The van der Waals surface area contributed by atoms with E-state index in [2.05, 4.69) is 22.0 Å². The summed E-state index contributed by atoms with van der Waals surface area (Å²) in [6, 6.07) is 14.0. The van der Waals surface area contributed by atoms with Crippen LogP contribution in [0.25, 0.3) is 6.08 Å². The third kappa shape index (κ3) is 6.75. The van der Waals surface area contributed by atoms with E-state index in [0.717, 1.165) is 46.5 Å². The number of hydrogen-bond acceptors (Lipinski definition) is 6. The maximum Gasteiger partial charge on any atom is 0.267 e. The Labute approximate surface area is 250 Å². The average Bonchev–Trinajstić information content (AvgIpc) is 3.28. The third-order valence-corrected chi connectivity index (χ3v) is 9.50. The highest BCUT2D eigenvalue weighted by atomic mass is 79.9. The highest BCUT2D eigenvalue weighted by Crippen LogP contribution is 2.41. The molecule has 5 rings (SSSR count). The average molecular weight is 623 g/mol. The smallest absolute Gasteiger partial charge is 0.267 e. The van der Waals surface area contributed by atoms with Crippen LogP contribution >= 0.6 is 27.7 Å². The van der Waals surface area contributed by atoms with Crippen LogP contribution in [0.4, 0.5) is 0 Å². The number of hydrogen-bond donors (Lipinski definition) is 0. The number of amides is 1. The molecule has 0 atom stereocenters. The Bertz CT molecular complexity index is 1320. The lowest BCUT2D eigenvalue weighted by atomic mass is 9.94.